The fraction of sp³-hybridized carbons (Fsp3) is 0.731. The van der Waals surface area contributed by atoms with Crippen LogP contribution < -0.4 is 0 Å². The number of hydrogen-bond donors (Lipinski definition) is 0. The Morgan fingerprint density at radius 2 is 1.93 bits per heavy atom. The van der Waals surface area contributed by atoms with Crippen LogP contribution in [0.2, 0.25) is 19.6 Å². The topological polar surface area (TPSA) is 9.23 Å². The van der Waals surface area contributed by atoms with Gasteiger partial charge in [0.05, 0.1) is 5.60 Å². The standard InChI is InChI=1S/C26H40OSi/c1-20(11-10-18-26(16-7-8-17-26)27-28(2,3)4)22-14-9-15-24-23-13-6-5-12-21(23)19-25(22)24/h7,17,20,22H,5-6,9-16,18-19H2,1-4H3. The van der Waals surface area contributed by atoms with Crippen LogP contribution in [0, 0.1) is 11.8 Å². The lowest BCUT2D eigenvalue weighted by Crippen LogP contribution is -2.40. The third-order valence-electron chi connectivity index (χ3n) is 7.49. The predicted molar refractivity (Wildman–Crippen MR) is 122 cm³/mol. The van der Waals surface area contributed by atoms with Crippen molar-refractivity contribution in [2.75, 3.05) is 0 Å². The van der Waals surface area contributed by atoms with Crippen molar-refractivity contribution < 1.29 is 4.43 Å². The van der Waals surface area contributed by atoms with Gasteiger partial charge in [0.1, 0.15) is 0 Å². The van der Waals surface area contributed by atoms with Gasteiger partial charge in [-0.05, 0) is 119 Å². The third-order valence-corrected chi connectivity index (χ3v) is 8.51. The molecule has 0 saturated carbocycles. The molecule has 154 valence electrons. The van der Waals surface area contributed by atoms with Gasteiger partial charge in [0.2, 0.25) is 0 Å². The molecule has 0 saturated heterocycles. The average Bonchev–Trinajstić information content (AvgIpc) is 3.24. The number of rotatable bonds is 7. The van der Waals surface area contributed by atoms with Crippen LogP contribution in [0.4, 0.5) is 0 Å². The largest absolute Gasteiger partial charge is 0.408 e. The molecule has 1 nitrogen and oxygen atoms in total. The summed E-state index contributed by atoms with van der Waals surface area (Å²) in [5, 5.41) is 0. The Morgan fingerprint density at radius 1 is 1.14 bits per heavy atom. The summed E-state index contributed by atoms with van der Waals surface area (Å²) in [6.07, 6.45) is 20.4. The van der Waals surface area contributed by atoms with Gasteiger partial charge in [-0.15, -0.1) is 5.73 Å². The van der Waals surface area contributed by atoms with Gasteiger partial charge in [0.15, 0.2) is 8.32 Å². The highest BCUT2D eigenvalue weighted by Gasteiger charge is 2.36. The number of hydrogen-bond acceptors (Lipinski definition) is 1. The summed E-state index contributed by atoms with van der Waals surface area (Å²) < 4.78 is 6.62. The maximum absolute atomic E-state index is 6.62. The van der Waals surface area contributed by atoms with Crippen molar-refractivity contribution in [3.63, 3.8) is 0 Å². The SMILES string of the molecule is CC(CCCC1(O[Si](C)(C)C)C=C=CC1)C1CCCC2=C1CC1=C2CCCC1. The monoisotopic (exact) mass is 396 g/mol. The average molecular weight is 397 g/mol. The zero-order valence-corrected chi connectivity index (χ0v) is 19.7. The first-order chi connectivity index (χ1) is 13.4. The lowest BCUT2D eigenvalue weighted by molar-refractivity contribution is 0.103. The van der Waals surface area contributed by atoms with Crippen LogP contribution in [0.25, 0.3) is 0 Å². The molecule has 2 heteroatoms. The van der Waals surface area contributed by atoms with Crippen LogP contribution >= 0.6 is 0 Å². The van der Waals surface area contributed by atoms with Gasteiger partial charge in [-0.25, -0.2) is 0 Å². The Bertz CT molecular complexity index is 728. The number of fused-ring (bicyclic) bond motifs is 1. The van der Waals surface area contributed by atoms with E-state index in [0.29, 0.717) is 0 Å². The van der Waals surface area contributed by atoms with Gasteiger partial charge in [-0.1, -0.05) is 24.5 Å². The molecule has 0 bridgehead atoms. The molecule has 28 heavy (non-hydrogen) atoms. The molecule has 0 aliphatic heterocycles. The summed E-state index contributed by atoms with van der Waals surface area (Å²) in [6.45, 7) is 9.48. The van der Waals surface area contributed by atoms with Crippen molar-refractivity contribution in [1.82, 2.24) is 0 Å². The molecule has 0 N–H and O–H groups in total. The third kappa shape index (κ3) is 4.35. The quantitative estimate of drug-likeness (QED) is 0.314. The van der Waals surface area contributed by atoms with Crippen LogP contribution in [0.3, 0.4) is 0 Å². The molecule has 4 aliphatic rings. The Labute approximate surface area is 174 Å². The highest BCUT2D eigenvalue weighted by atomic mass is 28.4. The fourth-order valence-electron chi connectivity index (χ4n) is 6.36. The first-order valence-corrected chi connectivity index (χ1v) is 15.3. The van der Waals surface area contributed by atoms with Gasteiger partial charge in [0.25, 0.3) is 0 Å². The Hall–Kier alpha value is -0.823. The highest BCUT2D eigenvalue weighted by molar-refractivity contribution is 6.69. The minimum Gasteiger partial charge on any atom is -0.408 e. The van der Waals surface area contributed by atoms with E-state index in [9.17, 15) is 0 Å². The van der Waals surface area contributed by atoms with Crippen molar-refractivity contribution >= 4 is 8.32 Å². The molecule has 0 aromatic heterocycles. The fourth-order valence-corrected chi connectivity index (χ4v) is 7.82. The van der Waals surface area contributed by atoms with E-state index in [1.807, 2.05) is 22.3 Å². The summed E-state index contributed by atoms with van der Waals surface area (Å²) in [7, 11) is -1.54. The van der Waals surface area contributed by atoms with Gasteiger partial charge in [0, 0.05) is 6.42 Å². The molecule has 3 unspecified atom stereocenters. The van der Waals surface area contributed by atoms with Crippen LogP contribution in [0.5, 0.6) is 0 Å². The molecule has 0 spiro atoms. The zero-order chi connectivity index (χ0) is 19.8. The van der Waals surface area contributed by atoms with Gasteiger partial charge in [-0.2, -0.15) is 0 Å². The maximum Gasteiger partial charge on any atom is 0.184 e. The van der Waals surface area contributed by atoms with Crippen LogP contribution in [0.1, 0.15) is 84.0 Å². The first kappa shape index (κ1) is 20.4. The van der Waals surface area contributed by atoms with Gasteiger partial charge >= 0.3 is 0 Å². The van der Waals surface area contributed by atoms with Crippen molar-refractivity contribution in [2.24, 2.45) is 11.8 Å². The van der Waals surface area contributed by atoms with Crippen molar-refractivity contribution in [3.05, 3.63) is 40.2 Å². The molecule has 4 aliphatic carbocycles. The lowest BCUT2D eigenvalue weighted by Gasteiger charge is -2.36. The second-order valence-electron chi connectivity index (χ2n) is 10.8. The molecule has 0 amide bonds. The Balaban J connectivity index is 1.36. The zero-order valence-electron chi connectivity index (χ0n) is 18.7. The van der Waals surface area contributed by atoms with E-state index < -0.39 is 8.32 Å². The molecule has 0 aromatic carbocycles. The molecule has 0 heterocycles. The summed E-state index contributed by atoms with van der Waals surface area (Å²) >= 11 is 0. The molecule has 3 atom stereocenters. The van der Waals surface area contributed by atoms with Crippen LogP contribution in [-0.4, -0.2) is 13.9 Å². The van der Waals surface area contributed by atoms with Crippen LogP contribution in [-0.2, 0) is 4.43 Å². The lowest BCUT2D eigenvalue weighted by atomic mass is 9.74. The van der Waals surface area contributed by atoms with Crippen LogP contribution in [0.15, 0.2) is 40.2 Å². The summed E-state index contributed by atoms with van der Waals surface area (Å²) in [5.41, 5.74) is 10.6. The molecular formula is C26H40OSi. The van der Waals surface area contributed by atoms with E-state index in [2.05, 4.69) is 44.4 Å². The minimum atomic E-state index is -1.54. The Morgan fingerprint density at radius 3 is 2.68 bits per heavy atom. The second kappa shape index (κ2) is 8.13. The van der Waals surface area contributed by atoms with Gasteiger partial charge in [-0.3, -0.25) is 0 Å². The van der Waals surface area contributed by atoms with E-state index in [1.165, 1.54) is 70.6 Å². The van der Waals surface area contributed by atoms with Crippen molar-refractivity contribution in [3.8, 4) is 0 Å². The summed E-state index contributed by atoms with van der Waals surface area (Å²) in [6, 6.07) is 0. The van der Waals surface area contributed by atoms with E-state index in [0.717, 1.165) is 18.3 Å². The molecule has 0 aromatic rings. The van der Waals surface area contributed by atoms with Crippen molar-refractivity contribution in [1.29, 1.82) is 0 Å². The summed E-state index contributed by atoms with van der Waals surface area (Å²) in [4.78, 5) is 0. The van der Waals surface area contributed by atoms with E-state index in [4.69, 9.17) is 4.43 Å². The molecule has 4 rings (SSSR count). The van der Waals surface area contributed by atoms with Crippen molar-refractivity contribution in [2.45, 2.75) is 109 Å². The Kier molecular flexibility index (Phi) is 5.94. The molecule has 0 fully saturated rings. The van der Waals surface area contributed by atoms with E-state index in [-0.39, 0.29) is 5.60 Å². The van der Waals surface area contributed by atoms with Gasteiger partial charge < -0.3 is 4.43 Å². The molecular weight excluding hydrogens is 356 g/mol. The first-order valence-electron chi connectivity index (χ1n) is 11.9. The number of allylic oxidation sites excluding steroid dienone is 4. The smallest absolute Gasteiger partial charge is 0.184 e. The maximum atomic E-state index is 6.62. The van der Waals surface area contributed by atoms with E-state index >= 15 is 0 Å². The predicted octanol–water partition coefficient (Wildman–Crippen LogP) is 7.87. The highest BCUT2D eigenvalue weighted by Crippen LogP contribution is 2.50. The summed E-state index contributed by atoms with van der Waals surface area (Å²) in [5.74, 6) is 1.66. The second-order valence-corrected chi connectivity index (χ2v) is 15.3. The minimum absolute atomic E-state index is 0.0464. The normalized spacial score (nSPS) is 30.8. The molecule has 0 radical (unpaired) electrons. The van der Waals surface area contributed by atoms with E-state index in [1.54, 1.807) is 0 Å².